The first-order valence-electron chi connectivity index (χ1n) is 7.30. The van der Waals surface area contributed by atoms with Crippen molar-refractivity contribution >= 4 is 11.6 Å². The van der Waals surface area contributed by atoms with Gasteiger partial charge >= 0.3 is 0 Å². The molecule has 1 amide bonds. The smallest absolute Gasteiger partial charge is 0.269 e. The third-order valence-electron chi connectivity index (χ3n) is 3.37. The summed E-state index contributed by atoms with van der Waals surface area (Å²) in [5, 5.41) is 16.6. The number of nitro groups is 1. The van der Waals surface area contributed by atoms with E-state index >= 15 is 0 Å². The van der Waals surface area contributed by atoms with Crippen molar-refractivity contribution in [3.63, 3.8) is 0 Å². The van der Waals surface area contributed by atoms with Crippen LogP contribution < -0.4 is 10.6 Å². The Morgan fingerprint density at radius 2 is 1.86 bits per heavy atom. The number of hydrogen-bond acceptors (Lipinski definition) is 4. The normalized spacial score (nSPS) is 10.6. The first-order valence-corrected chi connectivity index (χ1v) is 7.30. The maximum atomic E-state index is 11.7. The van der Waals surface area contributed by atoms with Crippen molar-refractivity contribution in [3.05, 3.63) is 39.9 Å². The average Bonchev–Trinajstić information content (AvgIpc) is 2.49. The molecule has 0 aliphatic heterocycles. The molecule has 0 fully saturated rings. The van der Waals surface area contributed by atoms with Crippen LogP contribution in [-0.2, 0) is 11.2 Å². The quantitative estimate of drug-likeness (QED) is 0.414. The van der Waals surface area contributed by atoms with Crippen LogP contribution in [0.4, 0.5) is 5.69 Å². The Balaban J connectivity index is 2.24. The predicted molar refractivity (Wildman–Crippen MR) is 82.2 cm³/mol. The Morgan fingerprint density at radius 3 is 2.38 bits per heavy atom. The molecule has 0 unspecified atom stereocenters. The first-order chi connectivity index (χ1) is 10.1. The van der Waals surface area contributed by atoms with E-state index in [9.17, 15) is 14.9 Å². The summed E-state index contributed by atoms with van der Waals surface area (Å²) in [6.45, 7) is 5.06. The number of benzene rings is 1. The highest BCUT2D eigenvalue weighted by atomic mass is 16.6. The fourth-order valence-corrected chi connectivity index (χ4v) is 1.99. The molecule has 0 saturated carbocycles. The standard InChI is InChI=1S/C15H23N3O3/c1-3-13(4-2)17-15(19)11-16-10-9-12-5-7-14(8-6-12)18(20)21/h5-8,13,16H,3-4,9-11H2,1-2H3,(H,17,19). The molecule has 0 atom stereocenters. The second-order valence-corrected chi connectivity index (χ2v) is 4.93. The zero-order valence-electron chi connectivity index (χ0n) is 12.6. The summed E-state index contributed by atoms with van der Waals surface area (Å²) < 4.78 is 0. The second-order valence-electron chi connectivity index (χ2n) is 4.93. The third-order valence-corrected chi connectivity index (χ3v) is 3.37. The van der Waals surface area contributed by atoms with Gasteiger partial charge in [0.05, 0.1) is 11.5 Å². The first kappa shape index (κ1) is 17.1. The lowest BCUT2D eigenvalue weighted by Gasteiger charge is -2.14. The van der Waals surface area contributed by atoms with Crippen molar-refractivity contribution in [2.75, 3.05) is 13.1 Å². The van der Waals surface area contributed by atoms with Crippen LogP contribution in [-0.4, -0.2) is 30.0 Å². The molecule has 6 heteroatoms. The van der Waals surface area contributed by atoms with Crippen LogP contribution >= 0.6 is 0 Å². The number of non-ortho nitro benzene ring substituents is 1. The number of hydrogen-bond donors (Lipinski definition) is 2. The van der Waals surface area contributed by atoms with E-state index < -0.39 is 4.92 Å². The SMILES string of the molecule is CCC(CC)NC(=O)CNCCc1ccc([N+](=O)[O-])cc1. The average molecular weight is 293 g/mol. The van der Waals surface area contributed by atoms with E-state index in [1.807, 2.05) is 0 Å². The topological polar surface area (TPSA) is 84.3 Å². The van der Waals surface area contributed by atoms with E-state index in [0.29, 0.717) is 13.1 Å². The van der Waals surface area contributed by atoms with E-state index in [1.54, 1.807) is 12.1 Å². The summed E-state index contributed by atoms with van der Waals surface area (Å²) in [5.74, 6) is 0.00685. The Hall–Kier alpha value is -1.95. The molecule has 0 aliphatic rings. The van der Waals surface area contributed by atoms with Crippen molar-refractivity contribution in [2.45, 2.75) is 39.2 Å². The molecule has 2 N–H and O–H groups in total. The fraction of sp³-hybridized carbons (Fsp3) is 0.533. The molecule has 6 nitrogen and oxygen atoms in total. The minimum absolute atomic E-state index is 0.00685. The number of nitro benzene ring substituents is 1. The zero-order chi connectivity index (χ0) is 15.7. The van der Waals surface area contributed by atoms with Crippen LogP contribution in [0.15, 0.2) is 24.3 Å². The van der Waals surface area contributed by atoms with Crippen LogP contribution in [0.5, 0.6) is 0 Å². The van der Waals surface area contributed by atoms with E-state index in [-0.39, 0.29) is 17.6 Å². The Morgan fingerprint density at radius 1 is 1.24 bits per heavy atom. The highest BCUT2D eigenvalue weighted by Gasteiger charge is 2.07. The van der Waals surface area contributed by atoms with Crippen molar-refractivity contribution < 1.29 is 9.72 Å². The van der Waals surface area contributed by atoms with Gasteiger partial charge in [-0.15, -0.1) is 0 Å². The van der Waals surface area contributed by atoms with Gasteiger partial charge in [-0.25, -0.2) is 0 Å². The van der Waals surface area contributed by atoms with Gasteiger partial charge in [0.1, 0.15) is 0 Å². The van der Waals surface area contributed by atoms with Crippen LogP contribution in [0.2, 0.25) is 0 Å². The summed E-state index contributed by atoms with van der Waals surface area (Å²) in [6, 6.07) is 6.72. The van der Waals surface area contributed by atoms with Gasteiger partial charge in [0, 0.05) is 18.2 Å². The van der Waals surface area contributed by atoms with Crippen molar-refractivity contribution in [1.29, 1.82) is 0 Å². The molecule has 1 aromatic carbocycles. The zero-order valence-corrected chi connectivity index (χ0v) is 12.6. The van der Waals surface area contributed by atoms with E-state index in [4.69, 9.17) is 0 Å². The number of amides is 1. The lowest BCUT2D eigenvalue weighted by atomic mass is 10.1. The molecule has 0 aliphatic carbocycles. The van der Waals surface area contributed by atoms with Crippen LogP contribution in [0.1, 0.15) is 32.3 Å². The summed E-state index contributed by atoms with van der Waals surface area (Å²) in [6.07, 6.45) is 2.60. The molecule has 0 radical (unpaired) electrons. The molecule has 0 bridgehead atoms. The Kier molecular flexibility index (Phi) is 7.39. The van der Waals surface area contributed by atoms with E-state index in [1.165, 1.54) is 12.1 Å². The minimum Gasteiger partial charge on any atom is -0.352 e. The minimum atomic E-state index is -0.412. The molecule has 21 heavy (non-hydrogen) atoms. The Labute approximate surface area is 125 Å². The second kappa shape index (κ2) is 9.07. The molecule has 1 aromatic rings. The lowest BCUT2D eigenvalue weighted by molar-refractivity contribution is -0.384. The summed E-state index contributed by atoms with van der Waals surface area (Å²) in [7, 11) is 0. The van der Waals surface area contributed by atoms with E-state index in [0.717, 1.165) is 24.8 Å². The number of rotatable bonds is 9. The molecular weight excluding hydrogens is 270 g/mol. The summed E-state index contributed by atoms with van der Waals surface area (Å²) in [4.78, 5) is 21.8. The fourth-order valence-electron chi connectivity index (χ4n) is 1.99. The number of nitrogens with one attached hydrogen (secondary N) is 2. The van der Waals surface area contributed by atoms with Crippen LogP contribution in [0, 0.1) is 10.1 Å². The maximum absolute atomic E-state index is 11.7. The molecule has 0 spiro atoms. The van der Waals surface area contributed by atoms with Crippen molar-refractivity contribution in [2.24, 2.45) is 0 Å². The van der Waals surface area contributed by atoms with Gasteiger partial charge in [0.25, 0.3) is 5.69 Å². The number of carbonyl (C=O) groups is 1. The van der Waals surface area contributed by atoms with Crippen molar-refractivity contribution in [1.82, 2.24) is 10.6 Å². The van der Waals surface area contributed by atoms with Gasteiger partial charge in [0.2, 0.25) is 5.91 Å². The molecule has 116 valence electrons. The van der Waals surface area contributed by atoms with Gasteiger partial charge < -0.3 is 10.6 Å². The number of carbonyl (C=O) groups excluding carboxylic acids is 1. The van der Waals surface area contributed by atoms with Gasteiger partial charge in [-0.2, -0.15) is 0 Å². The Bertz CT molecular complexity index is 456. The molecule has 0 saturated heterocycles. The molecular formula is C15H23N3O3. The van der Waals surface area contributed by atoms with Crippen molar-refractivity contribution in [3.8, 4) is 0 Å². The summed E-state index contributed by atoms with van der Waals surface area (Å²) in [5.41, 5.74) is 1.10. The molecule has 1 rings (SSSR count). The molecule has 0 aromatic heterocycles. The van der Waals surface area contributed by atoms with Crippen LogP contribution in [0.25, 0.3) is 0 Å². The van der Waals surface area contributed by atoms with Gasteiger partial charge in [0.15, 0.2) is 0 Å². The monoisotopic (exact) mass is 293 g/mol. The van der Waals surface area contributed by atoms with E-state index in [2.05, 4.69) is 24.5 Å². The van der Waals surface area contributed by atoms with Gasteiger partial charge in [-0.3, -0.25) is 14.9 Å². The highest BCUT2D eigenvalue weighted by Crippen LogP contribution is 2.11. The lowest BCUT2D eigenvalue weighted by Crippen LogP contribution is -2.40. The highest BCUT2D eigenvalue weighted by molar-refractivity contribution is 5.78. The van der Waals surface area contributed by atoms with Crippen LogP contribution in [0.3, 0.4) is 0 Å². The van der Waals surface area contributed by atoms with Gasteiger partial charge in [-0.1, -0.05) is 26.0 Å². The number of nitrogens with zero attached hydrogens (tertiary/aromatic N) is 1. The maximum Gasteiger partial charge on any atom is 0.269 e. The summed E-state index contributed by atoms with van der Waals surface area (Å²) >= 11 is 0. The predicted octanol–water partition coefficient (Wildman–Crippen LogP) is 2.03. The van der Waals surface area contributed by atoms with Gasteiger partial charge in [-0.05, 0) is 31.4 Å². The molecule has 0 heterocycles. The third kappa shape index (κ3) is 6.35. The largest absolute Gasteiger partial charge is 0.352 e.